The van der Waals surface area contributed by atoms with E-state index in [1.54, 1.807) is 0 Å². The van der Waals surface area contributed by atoms with E-state index in [9.17, 15) is 14.7 Å². The van der Waals surface area contributed by atoms with Crippen molar-refractivity contribution in [2.75, 3.05) is 13.2 Å². The van der Waals surface area contributed by atoms with Crippen LogP contribution in [0.25, 0.3) is 0 Å². The summed E-state index contributed by atoms with van der Waals surface area (Å²) in [4.78, 5) is 26.6. The van der Waals surface area contributed by atoms with Crippen molar-refractivity contribution in [2.45, 2.75) is 84.1 Å². The number of hydrogen-bond acceptors (Lipinski definition) is 4. The van der Waals surface area contributed by atoms with E-state index in [-0.39, 0.29) is 17.7 Å². The molecule has 0 heterocycles. The van der Waals surface area contributed by atoms with E-state index in [0.717, 1.165) is 53.0 Å². The van der Waals surface area contributed by atoms with Crippen molar-refractivity contribution < 1.29 is 24.2 Å². The predicted molar refractivity (Wildman–Crippen MR) is 166 cm³/mol. The van der Waals surface area contributed by atoms with Crippen LogP contribution in [0.15, 0.2) is 66.7 Å². The molecule has 0 aliphatic heterocycles. The molecule has 0 aromatic heterocycles. The third-order valence-corrected chi connectivity index (χ3v) is 8.50. The van der Waals surface area contributed by atoms with Gasteiger partial charge in [-0.15, -0.1) is 0 Å². The van der Waals surface area contributed by atoms with Crippen LogP contribution in [0.3, 0.4) is 0 Å². The van der Waals surface area contributed by atoms with Gasteiger partial charge in [-0.1, -0.05) is 67.9 Å². The zero-order valence-electron chi connectivity index (χ0n) is 25.4. The van der Waals surface area contributed by atoms with Gasteiger partial charge < -0.3 is 19.9 Å². The van der Waals surface area contributed by atoms with Gasteiger partial charge in [0.25, 0.3) is 0 Å². The molecule has 6 heteroatoms. The quantitative estimate of drug-likeness (QED) is 0.191. The molecule has 0 spiro atoms. The lowest BCUT2D eigenvalue weighted by molar-refractivity contribution is -0.148. The van der Waals surface area contributed by atoms with E-state index in [2.05, 4.69) is 36.5 Å². The third-order valence-electron chi connectivity index (χ3n) is 8.50. The molecule has 6 nitrogen and oxygen atoms in total. The summed E-state index contributed by atoms with van der Waals surface area (Å²) in [6.07, 6.45) is 4.68. The molecule has 2 atom stereocenters. The summed E-state index contributed by atoms with van der Waals surface area (Å²) in [5, 5.41) is 13.4. The molecule has 0 radical (unpaired) electrons. The number of aryl methyl sites for hydroxylation is 1. The Bertz CT molecular complexity index is 1300. The van der Waals surface area contributed by atoms with Gasteiger partial charge in [0.15, 0.2) is 0 Å². The Labute approximate surface area is 250 Å². The molecule has 0 saturated carbocycles. The largest absolute Gasteiger partial charge is 0.493 e. The molecular weight excluding hydrogens is 526 g/mol. The molecule has 3 aromatic carbocycles. The van der Waals surface area contributed by atoms with Crippen molar-refractivity contribution >= 4 is 11.9 Å². The Morgan fingerprint density at radius 1 is 0.905 bits per heavy atom. The van der Waals surface area contributed by atoms with Crippen LogP contribution < -0.4 is 14.8 Å². The van der Waals surface area contributed by atoms with Gasteiger partial charge in [0, 0.05) is 24.3 Å². The topological polar surface area (TPSA) is 84.9 Å². The number of unbranched alkanes of at least 4 members (excludes halogenated alkanes) is 1. The minimum absolute atomic E-state index is 0.0374. The number of benzene rings is 3. The number of carbonyl (C=O) groups is 2. The van der Waals surface area contributed by atoms with Crippen molar-refractivity contribution in [2.24, 2.45) is 5.92 Å². The zero-order valence-corrected chi connectivity index (χ0v) is 25.4. The Kier molecular flexibility index (Phi) is 10.7. The molecular formula is C36H45NO5. The number of ether oxygens (including phenoxy) is 2. The lowest BCUT2D eigenvalue weighted by Crippen LogP contribution is -2.57. The van der Waals surface area contributed by atoms with Crippen LogP contribution in [0.2, 0.25) is 0 Å². The van der Waals surface area contributed by atoms with Crippen molar-refractivity contribution in [1.29, 1.82) is 0 Å². The molecule has 42 heavy (non-hydrogen) atoms. The van der Waals surface area contributed by atoms with Crippen molar-refractivity contribution in [3.63, 3.8) is 0 Å². The first-order valence-electron chi connectivity index (χ1n) is 15.3. The average Bonchev–Trinajstić information content (AvgIpc) is 3.36. The Hall–Kier alpha value is -3.80. The summed E-state index contributed by atoms with van der Waals surface area (Å²) in [7, 11) is 0. The minimum Gasteiger partial charge on any atom is -0.493 e. The number of fused-ring (bicyclic) bond motifs is 1. The number of aliphatic carboxylic acids is 1. The maximum absolute atomic E-state index is 14.0. The summed E-state index contributed by atoms with van der Waals surface area (Å²) in [5.41, 5.74) is 3.95. The predicted octanol–water partition coefficient (Wildman–Crippen LogP) is 7.05. The third kappa shape index (κ3) is 7.53. The van der Waals surface area contributed by atoms with Crippen LogP contribution in [0.5, 0.6) is 11.5 Å². The first-order valence-corrected chi connectivity index (χ1v) is 15.3. The van der Waals surface area contributed by atoms with Gasteiger partial charge in [-0.2, -0.15) is 0 Å². The van der Waals surface area contributed by atoms with Crippen LogP contribution in [0.4, 0.5) is 0 Å². The molecule has 0 bridgehead atoms. The number of carboxylic acids is 1. The van der Waals surface area contributed by atoms with Gasteiger partial charge in [-0.25, -0.2) is 4.79 Å². The summed E-state index contributed by atoms with van der Waals surface area (Å²) >= 11 is 0. The fraction of sp³-hybridized carbons (Fsp3) is 0.444. The van der Waals surface area contributed by atoms with Crippen LogP contribution in [-0.4, -0.2) is 35.7 Å². The van der Waals surface area contributed by atoms with Crippen LogP contribution in [0.1, 0.15) is 80.2 Å². The highest BCUT2D eigenvalue weighted by Gasteiger charge is 2.46. The fourth-order valence-electron chi connectivity index (χ4n) is 6.11. The SMILES string of the molecule is CCOc1cc([C@@H](C)CC(CCCCc2ccccc2)C(=O)NC2(C(=O)O)Cc3ccccc3C2)cc(OCC)c1C. The van der Waals surface area contributed by atoms with Gasteiger partial charge >= 0.3 is 5.97 Å². The van der Waals surface area contributed by atoms with Gasteiger partial charge in [-0.05, 0) is 86.8 Å². The van der Waals surface area contributed by atoms with E-state index in [4.69, 9.17) is 9.47 Å². The Morgan fingerprint density at radius 3 is 2.02 bits per heavy atom. The summed E-state index contributed by atoms with van der Waals surface area (Å²) in [6, 6.07) is 22.2. The second kappa shape index (κ2) is 14.4. The normalized spacial score (nSPS) is 15.0. The standard InChI is InChI=1S/C36H45NO5/c1-5-41-32-21-31(22-33(26(32)4)42-6-2)25(3)20-28(17-11-10-16-27-14-8-7-9-15-27)34(38)37-36(35(39)40)23-29-18-12-13-19-30(29)24-36/h7-9,12-15,18-19,21-22,25,28H,5-6,10-11,16-17,20,23-24H2,1-4H3,(H,37,38)(H,39,40)/t25-,28?/m0/s1. The van der Waals surface area contributed by atoms with Crippen molar-refractivity contribution in [1.82, 2.24) is 5.32 Å². The van der Waals surface area contributed by atoms with Crippen LogP contribution in [-0.2, 0) is 28.9 Å². The molecule has 1 unspecified atom stereocenters. The molecule has 4 rings (SSSR count). The van der Waals surface area contributed by atoms with E-state index in [1.807, 2.05) is 63.2 Å². The minimum atomic E-state index is -1.32. The molecule has 2 N–H and O–H groups in total. The molecule has 1 aliphatic rings. The highest BCUT2D eigenvalue weighted by Crippen LogP contribution is 2.37. The first kappa shape index (κ1) is 31.1. The first-order chi connectivity index (χ1) is 20.3. The van der Waals surface area contributed by atoms with Gasteiger partial charge in [0.1, 0.15) is 17.0 Å². The summed E-state index contributed by atoms with van der Waals surface area (Å²) in [6.45, 7) is 9.15. The summed E-state index contributed by atoms with van der Waals surface area (Å²) in [5.74, 6) is 0.132. The maximum atomic E-state index is 14.0. The Balaban J connectivity index is 1.54. The van der Waals surface area contributed by atoms with Crippen molar-refractivity contribution in [3.8, 4) is 11.5 Å². The number of hydrogen-bond donors (Lipinski definition) is 2. The number of rotatable bonds is 15. The molecule has 1 amide bonds. The van der Waals surface area contributed by atoms with E-state index < -0.39 is 11.5 Å². The number of nitrogens with one attached hydrogen (secondary N) is 1. The second-order valence-electron chi connectivity index (χ2n) is 11.6. The zero-order chi connectivity index (χ0) is 30.1. The van der Waals surface area contributed by atoms with Gasteiger partial charge in [-0.3, -0.25) is 4.79 Å². The lowest BCUT2D eigenvalue weighted by atomic mass is 9.85. The highest BCUT2D eigenvalue weighted by molar-refractivity contribution is 5.89. The smallest absolute Gasteiger partial charge is 0.330 e. The number of amides is 1. The fourth-order valence-corrected chi connectivity index (χ4v) is 6.11. The van der Waals surface area contributed by atoms with Crippen LogP contribution in [0, 0.1) is 12.8 Å². The van der Waals surface area contributed by atoms with Crippen molar-refractivity contribution in [3.05, 3.63) is 94.5 Å². The molecule has 0 fully saturated rings. The lowest BCUT2D eigenvalue weighted by Gasteiger charge is -2.29. The van der Waals surface area contributed by atoms with E-state index in [1.165, 1.54) is 5.56 Å². The van der Waals surface area contributed by atoms with Crippen LogP contribution >= 0.6 is 0 Å². The molecule has 0 saturated heterocycles. The van der Waals surface area contributed by atoms with E-state index in [0.29, 0.717) is 38.9 Å². The number of carboxylic acid groups (broad SMARTS) is 1. The molecule has 1 aliphatic carbocycles. The monoisotopic (exact) mass is 571 g/mol. The number of carbonyl (C=O) groups excluding carboxylic acids is 1. The average molecular weight is 572 g/mol. The van der Waals surface area contributed by atoms with E-state index >= 15 is 0 Å². The summed E-state index contributed by atoms with van der Waals surface area (Å²) < 4.78 is 11.8. The second-order valence-corrected chi connectivity index (χ2v) is 11.6. The Morgan fingerprint density at radius 2 is 1.48 bits per heavy atom. The molecule has 224 valence electrons. The highest BCUT2D eigenvalue weighted by atomic mass is 16.5. The van der Waals surface area contributed by atoms with Gasteiger partial charge in [0.2, 0.25) is 5.91 Å². The van der Waals surface area contributed by atoms with Gasteiger partial charge in [0.05, 0.1) is 13.2 Å². The maximum Gasteiger partial charge on any atom is 0.330 e. The molecule has 3 aromatic rings.